The average molecular weight is 407 g/mol. The number of hydrogen-bond donors (Lipinski definition) is 1. The molecule has 0 aliphatic heterocycles. The largest absolute Gasteiger partial charge is 0.497 e. The number of methoxy groups -OCH3 is 2. The van der Waals surface area contributed by atoms with Gasteiger partial charge in [-0.25, -0.2) is 0 Å². The molecule has 0 fully saturated rings. The minimum Gasteiger partial charge on any atom is -0.497 e. The summed E-state index contributed by atoms with van der Waals surface area (Å²) in [5, 5.41) is 0. The molecular formula is C13H13Br2NO2S. The predicted octanol–water partition coefficient (Wildman–Crippen LogP) is 4.34. The first kappa shape index (κ1) is 14.8. The number of halogens is 2. The van der Waals surface area contributed by atoms with E-state index >= 15 is 0 Å². The molecule has 102 valence electrons. The summed E-state index contributed by atoms with van der Waals surface area (Å²) in [6, 6.07) is 7.49. The van der Waals surface area contributed by atoms with Gasteiger partial charge in [0.25, 0.3) is 0 Å². The number of thiophene rings is 1. The van der Waals surface area contributed by atoms with Gasteiger partial charge in [-0.15, -0.1) is 11.3 Å². The highest BCUT2D eigenvalue weighted by Crippen LogP contribution is 2.38. The van der Waals surface area contributed by atoms with Crippen LogP contribution in [0.1, 0.15) is 16.5 Å². The lowest BCUT2D eigenvalue weighted by molar-refractivity contribution is 0.393. The van der Waals surface area contributed by atoms with E-state index in [2.05, 4.69) is 31.9 Å². The molecule has 1 aromatic heterocycles. The Morgan fingerprint density at radius 1 is 1.05 bits per heavy atom. The number of ether oxygens (including phenoxy) is 2. The van der Waals surface area contributed by atoms with Crippen molar-refractivity contribution in [2.75, 3.05) is 14.2 Å². The standard InChI is InChI=1S/C13H13Br2NO2S/c1-17-8-3-7(4-9(5-8)18-2)12(16)11-6-10(14)13(15)19-11/h3-6,12H,16H2,1-2H3. The van der Waals surface area contributed by atoms with Crippen LogP contribution in [0.25, 0.3) is 0 Å². The van der Waals surface area contributed by atoms with Crippen LogP contribution in [0.15, 0.2) is 32.5 Å². The van der Waals surface area contributed by atoms with E-state index in [9.17, 15) is 0 Å². The van der Waals surface area contributed by atoms with Gasteiger partial charge in [0.1, 0.15) is 11.5 Å². The molecule has 19 heavy (non-hydrogen) atoms. The molecule has 0 saturated heterocycles. The zero-order valence-electron chi connectivity index (χ0n) is 10.4. The summed E-state index contributed by atoms with van der Waals surface area (Å²) in [7, 11) is 3.25. The fourth-order valence-corrected chi connectivity index (χ4v) is 3.81. The summed E-state index contributed by atoms with van der Waals surface area (Å²) in [6.07, 6.45) is 0. The third kappa shape index (κ3) is 3.31. The van der Waals surface area contributed by atoms with Crippen molar-refractivity contribution in [3.8, 4) is 11.5 Å². The molecule has 0 aliphatic rings. The summed E-state index contributed by atoms with van der Waals surface area (Å²) in [4.78, 5) is 1.06. The Hall–Kier alpha value is -0.560. The summed E-state index contributed by atoms with van der Waals surface area (Å²) in [5.41, 5.74) is 7.26. The molecule has 1 aromatic carbocycles. The Balaban J connectivity index is 2.39. The van der Waals surface area contributed by atoms with Gasteiger partial charge in [-0.2, -0.15) is 0 Å². The van der Waals surface area contributed by atoms with Gasteiger partial charge in [-0.05, 0) is 55.6 Å². The molecule has 1 heterocycles. The normalized spacial score (nSPS) is 12.3. The lowest BCUT2D eigenvalue weighted by atomic mass is 10.1. The lowest BCUT2D eigenvalue weighted by Gasteiger charge is -2.13. The Labute approximate surface area is 133 Å². The SMILES string of the molecule is COc1cc(OC)cc(C(N)c2cc(Br)c(Br)s2)c1. The van der Waals surface area contributed by atoms with Crippen molar-refractivity contribution >= 4 is 43.2 Å². The fraction of sp³-hybridized carbons (Fsp3) is 0.231. The van der Waals surface area contributed by atoms with E-state index in [0.29, 0.717) is 0 Å². The average Bonchev–Trinajstić information content (AvgIpc) is 2.77. The van der Waals surface area contributed by atoms with Gasteiger partial charge in [-0.1, -0.05) is 0 Å². The van der Waals surface area contributed by atoms with Gasteiger partial charge in [0.2, 0.25) is 0 Å². The van der Waals surface area contributed by atoms with Crippen LogP contribution < -0.4 is 15.2 Å². The van der Waals surface area contributed by atoms with Crippen LogP contribution in [0.5, 0.6) is 11.5 Å². The number of hydrogen-bond acceptors (Lipinski definition) is 4. The summed E-state index contributed by atoms with van der Waals surface area (Å²) in [5.74, 6) is 1.47. The van der Waals surface area contributed by atoms with Crippen molar-refractivity contribution in [1.82, 2.24) is 0 Å². The van der Waals surface area contributed by atoms with E-state index in [1.165, 1.54) is 0 Å². The number of rotatable bonds is 4. The fourth-order valence-electron chi connectivity index (χ4n) is 1.69. The summed E-state index contributed by atoms with van der Waals surface area (Å²) >= 11 is 8.56. The Morgan fingerprint density at radius 3 is 2.05 bits per heavy atom. The van der Waals surface area contributed by atoms with E-state index < -0.39 is 0 Å². The van der Waals surface area contributed by atoms with E-state index in [0.717, 1.165) is 30.2 Å². The van der Waals surface area contributed by atoms with E-state index in [1.807, 2.05) is 24.3 Å². The molecule has 0 aliphatic carbocycles. The van der Waals surface area contributed by atoms with Gasteiger partial charge in [0, 0.05) is 15.4 Å². The zero-order valence-corrected chi connectivity index (χ0v) is 14.4. The molecule has 0 amide bonds. The third-order valence-corrected chi connectivity index (χ3v) is 6.04. The zero-order chi connectivity index (χ0) is 14.0. The topological polar surface area (TPSA) is 44.5 Å². The highest BCUT2D eigenvalue weighted by Gasteiger charge is 2.15. The van der Waals surface area contributed by atoms with Crippen molar-refractivity contribution in [3.05, 3.63) is 43.0 Å². The first-order valence-corrected chi connectivity index (χ1v) is 7.88. The van der Waals surface area contributed by atoms with Gasteiger partial charge >= 0.3 is 0 Å². The second-order valence-electron chi connectivity index (χ2n) is 3.89. The smallest absolute Gasteiger partial charge is 0.122 e. The first-order chi connectivity index (χ1) is 9.05. The highest BCUT2D eigenvalue weighted by atomic mass is 79.9. The maximum absolute atomic E-state index is 6.30. The minimum absolute atomic E-state index is 0.211. The van der Waals surface area contributed by atoms with Crippen molar-refractivity contribution < 1.29 is 9.47 Å². The van der Waals surface area contributed by atoms with E-state index in [1.54, 1.807) is 25.6 Å². The molecule has 2 N–H and O–H groups in total. The first-order valence-electron chi connectivity index (χ1n) is 5.48. The van der Waals surface area contributed by atoms with Gasteiger partial charge in [-0.3, -0.25) is 0 Å². The number of benzene rings is 1. The second-order valence-corrected chi connectivity index (χ2v) is 7.15. The molecule has 0 bridgehead atoms. The van der Waals surface area contributed by atoms with Crippen LogP contribution >= 0.6 is 43.2 Å². The van der Waals surface area contributed by atoms with Gasteiger partial charge < -0.3 is 15.2 Å². The van der Waals surface area contributed by atoms with Crippen molar-refractivity contribution in [2.24, 2.45) is 5.73 Å². The Bertz CT molecular complexity index is 544. The van der Waals surface area contributed by atoms with Gasteiger partial charge in [0.15, 0.2) is 0 Å². The molecule has 0 radical (unpaired) electrons. The van der Waals surface area contributed by atoms with Crippen molar-refractivity contribution in [1.29, 1.82) is 0 Å². The summed E-state index contributed by atoms with van der Waals surface area (Å²) < 4.78 is 12.6. The molecule has 2 aromatic rings. The molecule has 0 saturated carbocycles. The van der Waals surface area contributed by atoms with Crippen LogP contribution in [0.2, 0.25) is 0 Å². The Kier molecular flexibility index (Phi) is 4.89. The predicted molar refractivity (Wildman–Crippen MR) is 85.3 cm³/mol. The lowest BCUT2D eigenvalue weighted by Crippen LogP contribution is -2.10. The number of nitrogens with two attached hydrogens (primary N) is 1. The van der Waals surface area contributed by atoms with Crippen molar-refractivity contribution in [3.63, 3.8) is 0 Å². The molecule has 6 heteroatoms. The highest BCUT2D eigenvalue weighted by molar-refractivity contribution is 9.13. The van der Waals surface area contributed by atoms with E-state index in [-0.39, 0.29) is 6.04 Å². The molecule has 2 rings (SSSR count). The van der Waals surface area contributed by atoms with Crippen LogP contribution in [0.3, 0.4) is 0 Å². The molecule has 0 spiro atoms. The quantitative estimate of drug-likeness (QED) is 0.821. The Morgan fingerprint density at radius 2 is 1.63 bits per heavy atom. The maximum atomic E-state index is 6.30. The molecule has 1 atom stereocenters. The van der Waals surface area contributed by atoms with Crippen LogP contribution in [0, 0.1) is 0 Å². The van der Waals surface area contributed by atoms with Crippen LogP contribution in [0.4, 0.5) is 0 Å². The molecular weight excluding hydrogens is 394 g/mol. The monoisotopic (exact) mass is 405 g/mol. The summed E-state index contributed by atoms with van der Waals surface area (Å²) in [6.45, 7) is 0. The third-order valence-electron chi connectivity index (χ3n) is 2.70. The molecule has 1 unspecified atom stereocenters. The molecule has 3 nitrogen and oxygen atoms in total. The second kappa shape index (κ2) is 6.26. The van der Waals surface area contributed by atoms with Gasteiger partial charge in [0.05, 0.1) is 24.0 Å². The van der Waals surface area contributed by atoms with Crippen LogP contribution in [-0.4, -0.2) is 14.2 Å². The van der Waals surface area contributed by atoms with Crippen LogP contribution in [-0.2, 0) is 0 Å². The van der Waals surface area contributed by atoms with E-state index in [4.69, 9.17) is 15.2 Å². The maximum Gasteiger partial charge on any atom is 0.122 e. The minimum atomic E-state index is -0.211. The van der Waals surface area contributed by atoms with Crippen molar-refractivity contribution in [2.45, 2.75) is 6.04 Å².